The van der Waals surface area contributed by atoms with Crippen molar-refractivity contribution in [2.45, 2.75) is 38.9 Å². The largest absolute Gasteiger partial charge is 0.315 e. The number of nitrogens with one attached hydrogen (secondary N) is 1. The predicted molar refractivity (Wildman–Crippen MR) is 73.4 cm³/mol. The van der Waals surface area contributed by atoms with Gasteiger partial charge in [-0.3, -0.25) is 4.90 Å². The Labute approximate surface area is 113 Å². The van der Waals surface area contributed by atoms with Crippen molar-refractivity contribution in [3.63, 3.8) is 0 Å². The van der Waals surface area contributed by atoms with Crippen LogP contribution in [0.15, 0.2) is 18.2 Å². The molecule has 0 radical (unpaired) electrons. The molecule has 1 aliphatic heterocycles. The lowest BCUT2D eigenvalue weighted by molar-refractivity contribution is 0.152. The van der Waals surface area contributed by atoms with Gasteiger partial charge in [0, 0.05) is 35.8 Å². The number of benzene rings is 1. The van der Waals surface area contributed by atoms with Gasteiger partial charge in [-0.15, -0.1) is 0 Å². The first-order valence-electron chi connectivity index (χ1n) is 6.49. The van der Waals surface area contributed by atoms with Crippen LogP contribution in [-0.2, 0) is 6.54 Å². The standard InChI is InChI=1S/C14H20ClFN2/c1-10(2)18(11-6-7-17-8-11)9-12-13(15)4-3-5-14(12)16/h3-5,10-11,17H,6-9H2,1-2H3/t11-/m0/s1. The minimum atomic E-state index is -0.209. The molecule has 0 unspecified atom stereocenters. The molecule has 0 aromatic heterocycles. The SMILES string of the molecule is CC(C)N(Cc1c(F)cccc1Cl)[C@H]1CCNC1. The third kappa shape index (κ3) is 3.02. The maximum absolute atomic E-state index is 13.8. The molecule has 0 spiro atoms. The molecule has 0 bridgehead atoms. The molecule has 1 aromatic rings. The van der Waals surface area contributed by atoms with Crippen LogP contribution in [0.5, 0.6) is 0 Å². The molecule has 0 saturated carbocycles. The Morgan fingerprint density at radius 3 is 2.83 bits per heavy atom. The Bertz CT molecular complexity index is 383. The molecular formula is C14H20ClFN2. The third-order valence-electron chi connectivity index (χ3n) is 3.57. The average molecular weight is 271 g/mol. The van der Waals surface area contributed by atoms with Crippen molar-refractivity contribution in [3.05, 3.63) is 34.6 Å². The van der Waals surface area contributed by atoms with E-state index in [2.05, 4.69) is 24.1 Å². The summed E-state index contributed by atoms with van der Waals surface area (Å²) in [5, 5.41) is 3.87. The Hall–Kier alpha value is -0.640. The highest BCUT2D eigenvalue weighted by Gasteiger charge is 2.25. The van der Waals surface area contributed by atoms with Crippen LogP contribution in [-0.4, -0.2) is 30.1 Å². The molecule has 1 N–H and O–H groups in total. The van der Waals surface area contributed by atoms with Crippen LogP contribution in [0.3, 0.4) is 0 Å². The van der Waals surface area contributed by atoms with Crippen molar-refractivity contribution in [1.29, 1.82) is 0 Å². The summed E-state index contributed by atoms with van der Waals surface area (Å²) < 4.78 is 13.8. The van der Waals surface area contributed by atoms with E-state index in [9.17, 15) is 4.39 Å². The Morgan fingerprint density at radius 1 is 1.50 bits per heavy atom. The third-order valence-corrected chi connectivity index (χ3v) is 3.92. The highest BCUT2D eigenvalue weighted by atomic mass is 35.5. The summed E-state index contributed by atoms with van der Waals surface area (Å²) in [6.45, 7) is 6.89. The van der Waals surface area contributed by atoms with E-state index in [1.807, 2.05) is 0 Å². The molecule has 4 heteroatoms. The molecule has 1 aliphatic rings. The van der Waals surface area contributed by atoms with E-state index in [0.717, 1.165) is 19.5 Å². The lowest BCUT2D eigenvalue weighted by Crippen LogP contribution is -2.41. The summed E-state index contributed by atoms with van der Waals surface area (Å²) in [5.41, 5.74) is 0.611. The van der Waals surface area contributed by atoms with E-state index in [-0.39, 0.29) is 5.82 Å². The average Bonchev–Trinajstić information content (AvgIpc) is 2.81. The second kappa shape index (κ2) is 6.00. The molecule has 2 nitrogen and oxygen atoms in total. The lowest BCUT2D eigenvalue weighted by Gasteiger charge is -2.32. The van der Waals surface area contributed by atoms with E-state index in [4.69, 9.17) is 11.6 Å². The van der Waals surface area contributed by atoms with Crippen LogP contribution in [0.25, 0.3) is 0 Å². The van der Waals surface area contributed by atoms with Gasteiger partial charge < -0.3 is 5.32 Å². The topological polar surface area (TPSA) is 15.3 Å². The van der Waals surface area contributed by atoms with E-state index >= 15 is 0 Å². The number of hydrogen-bond acceptors (Lipinski definition) is 2. The zero-order chi connectivity index (χ0) is 13.1. The smallest absolute Gasteiger partial charge is 0.129 e. The van der Waals surface area contributed by atoms with Crippen molar-refractivity contribution in [1.82, 2.24) is 10.2 Å². The van der Waals surface area contributed by atoms with Gasteiger partial charge in [0.25, 0.3) is 0 Å². The fourth-order valence-corrected chi connectivity index (χ4v) is 2.74. The first-order chi connectivity index (χ1) is 8.59. The minimum absolute atomic E-state index is 0.209. The molecule has 2 rings (SSSR count). The molecule has 1 aromatic carbocycles. The first-order valence-corrected chi connectivity index (χ1v) is 6.86. The summed E-state index contributed by atoms with van der Waals surface area (Å²) in [5.74, 6) is -0.209. The summed E-state index contributed by atoms with van der Waals surface area (Å²) in [6.07, 6.45) is 1.12. The van der Waals surface area contributed by atoms with Gasteiger partial charge in [0.1, 0.15) is 5.82 Å². The Balaban J connectivity index is 2.18. The van der Waals surface area contributed by atoms with Gasteiger partial charge in [-0.25, -0.2) is 4.39 Å². The highest BCUT2D eigenvalue weighted by molar-refractivity contribution is 6.31. The molecule has 100 valence electrons. The van der Waals surface area contributed by atoms with E-state index < -0.39 is 0 Å². The zero-order valence-corrected chi connectivity index (χ0v) is 11.7. The number of halogens is 2. The maximum atomic E-state index is 13.8. The Kier molecular flexibility index (Phi) is 4.60. The van der Waals surface area contributed by atoms with Crippen LogP contribution in [0.2, 0.25) is 5.02 Å². The molecular weight excluding hydrogens is 251 g/mol. The van der Waals surface area contributed by atoms with E-state index in [1.54, 1.807) is 12.1 Å². The fourth-order valence-electron chi connectivity index (χ4n) is 2.52. The van der Waals surface area contributed by atoms with Gasteiger partial charge in [0.05, 0.1) is 0 Å². The maximum Gasteiger partial charge on any atom is 0.129 e. The van der Waals surface area contributed by atoms with Gasteiger partial charge >= 0.3 is 0 Å². The molecule has 1 heterocycles. The summed E-state index contributed by atoms with van der Waals surface area (Å²) in [7, 11) is 0. The van der Waals surface area contributed by atoms with Crippen molar-refractivity contribution < 1.29 is 4.39 Å². The number of hydrogen-bond donors (Lipinski definition) is 1. The predicted octanol–water partition coefficient (Wildman–Crippen LogP) is 3.05. The van der Waals surface area contributed by atoms with Crippen molar-refractivity contribution >= 4 is 11.6 Å². The number of nitrogens with zero attached hydrogens (tertiary/aromatic N) is 1. The monoisotopic (exact) mass is 270 g/mol. The Morgan fingerprint density at radius 2 is 2.28 bits per heavy atom. The van der Waals surface area contributed by atoms with Crippen LogP contribution in [0.4, 0.5) is 4.39 Å². The molecule has 18 heavy (non-hydrogen) atoms. The van der Waals surface area contributed by atoms with Crippen LogP contribution >= 0.6 is 11.6 Å². The summed E-state index contributed by atoms with van der Waals surface area (Å²) in [6, 6.07) is 5.74. The minimum Gasteiger partial charge on any atom is -0.315 e. The second-order valence-electron chi connectivity index (χ2n) is 5.11. The summed E-state index contributed by atoms with van der Waals surface area (Å²) in [4.78, 5) is 2.32. The molecule has 1 fully saturated rings. The lowest BCUT2D eigenvalue weighted by atomic mass is 10.1. The fraction of sp³-hybridized carbons (Fsp3) is 0.571. The van der Waals surface area contributed by atoms with E-state index in [1.165, 1.54) is 6.07 Å². The van der Waals surface area contributed by atoms with Gasteiger partial charge in [0.2, 0.25) is 0 Å². The van der Waals surface area contributed by atoms with Crippen LogP contribution < -0.4 is 5.32 Å². The molecule has 0 aliphatic carbocycles. The summed E-state index contributed by atoms with van der Waals surface area (Å²) >= 11 is 6.10. The molecule has 1 saturated heterocycles. The number of rotatable bonds is 4. The van der Waals surface area contributed by atoms with Gasteiger partial charge in [-0.2, -0.15) is 0 Å². The van der Waals surface area contributed by atoms with Gasteiger partial charge in [-0.1, -0.05) is 17.7 Å². The molecule has 1 atom stereocenters. The normalized spacial score (nSPS) is 20.0. The van der Waals surface area contributed by atoms with Crippen molar-refractivity contribution in [3.8, 4) is 0 Å². The first kappa shape index (κ1) is 13.8. The van der Waals surface area contributed by atoms with Gasteiger partial charge in [-0.05, 0) is 38.9 Å². The highest BCUT2D eigenvalue weighted by Crippen LogP contribution is 2.24. The quantitative estimate of drug-likeness (QED) is 0.905. The van der Waals surface area contributed by atoms with Crippen LogP contribution in [0, 0.1) is 5.82 Å². The molecule has 0 amide bonds. The second-order valence-corrected chi connectivity index (χ2v) is 5.52. The van der Waals surface area contributed by atoms with Crippen molar-refractivity contribution in [2.75, 3.05) is 13.1 Å². The zero-order valence-electron chi connectivity index (χ0n) is 10.9. The van der Waals surface area contributed by atoms with Gasteiger partial charge in [0.15, 0.2) is 0 Å². The van der Waals surface area contributed by atoms with Crippen molar-refractivity contribution in [2.24, 2.45) is 0 Å². The van der Waals surface area contributed by atoms with E-state index in [0.29, 0.717) is 29.2 Å². The van der Waals surface area contributed by atoms with Crippen LogP contribution in [0.1, 0.15) is 25.8 Å².